The Labute approximate surface area is 162 Å². The van der Waals surface area contributed by atoms with E-state index in [1.165, 1.54) is 11.3 Å². The van der Waals surface area contributed by atoms with Gasteiger partial charge in [-0.15, -0.1) is 0 Å². The highest BCUT2D eigenvalue weighted by Crippen LogP contribution is 2.27. The average Bonchev–Trinajstić information content (AvgIpc) is 2.66. The highest BCUT2D eigenvalue weighted by Gasteiger charge is 2.22. The van der Waals surface area contributed by atoms with Gasteiger partial charge >= 0.3 is 0 Å². The van der Waals surface area contributed by atoms with Crippen LogP contribution in [0.4, 0.5) is 5.69 Å². The van der Waals surface area contributed by atoms with Crippen molar-refractivity contribution in [3.8, 4) is 5.75 Å². The quantitative estimate of drug-likeness (QED) is 0.797. The number of benzene rings is 2. The van der Waals surface area contributed by atoms with Crippen LogP contribution in [0, 0.1) is 13.8 Å². The Kier molecular flexibility index (Phi) is 6.04. The summed E-state index contributed by atoms with van der Waals surface area (Å²) >= 11 is 0. The van der Waals surface area contributed by atoms with Crippen LogP contribution in [0.1, 0.15) is 36.5 Å². The van der Waals surface area contributed by atoms with Gasteiger partial charge in [0.05, 0.1) is 0 Å². The van der Waals surface area contributed by atoms with Crippen molar-refractivity contribution in [2.24, 2.45) is 0 Å². The Hall–Kier alpha value is -2.49. The fourth-order valence-electron chi connectivity index (χ4n) is 3.51. The monoisotopic (exact) mass is 366 g/mol. The number of anilines is 1. The molecule has 4 heteroatoms. The summed E-state index contributed by atoms with van der Waals surface area (Å²) in [6, 6.07) is 14.7. The molecule has 0 bridgehead atoms. The lowest BCUT2D eigenvalue weighted by atomic mass is 10.0. The minimum atomic E-state index is 0.0649. The van der Waals surface area contributed by atoms with Crippen molar-refractivity contribution in [1.82, 2.24) is 4.90 Å². The molecule has 1 fully saturated rings. The van der Waals surface area contributed by atoms with Crippen LogP contribution < -0.4 is 9.64 Å². The van der Waals surface area contributed by atoms with Gasteiger partial charge in [0.1, 0.15) is 5.75 Å². The molecule has 1 heterocycles. The number of amides is 1. The fraction of sp³-hybridized carbons (Fsp3) is 0.435. The number of piperazine rings is 1. The van der Waals surface area contributed by atoms with E-state index in [9.17, 15) is 4.79 Å². The molecular weight excluding hydrogens is 336 g/mol. The number of carbonyl (C=O) groups is 1. The smallest absolute Gasteiger partial charge is 0.260 e. The first-order valence-corrected chi connectivity index (χ1v) is 9.77. The molecule has 2 aromatic rings. The molecule has 1 saturated heterocycles. The summed E-state index contributed by atoms with van der Waals surface area (Å²) in [7, 11) is 0. The first kappa shape index (κ1) is 19.3. The third-order valence-corrected chi connectivity index (χ3v) is 5.14. The average molecular weight is 367 g/mol. The molecule has 0 aliphatic carbocycles. The van der Waals surface area contributed by atoms with Gasteiger partial charge in [-0.1, -0.05) is 38.1 Å². The van der Waals surface area contributed by atoms with E-state index in [-0.39, 0.29) is 12.5 Å². The van der Waals surface area contributed by atoms with Crippen molar-refractivity contribution in [2.45, 2.75) is 33.6 Å². The van der Waals surface area contributed by atoms with Crippen molar-refractivity contribution in [1.29, 1.82) is 0 Å². The number of carbonyl (C=O) groups excluding carboxylic acids is 1. The molecule has 0 spiro atoms. The standard InChI is InChI=1S/C23H30N2O2/c1-17(2)21-9-8-19(4)15-22(21)27-16-23(26)25-12-10-24(11-13-25)20-7-5-6-18(3)14-20/h5-9,14-15,17H,10-13,16H2,1-4H3. The number of aryl methyl sites for hydroxylation is 2. The van der Waals surface area contributed by atoms with Crippen LogP contribution in [0.15, 0.2) is 42.5 Å². The van der Waals surface area contributed by atoms with Gasteiger partial charge in [-0.3, -0.25) is 4.79 Å². The summed E-state index contributed by atoms with van der Waals surface area (Å²) in [5, 5.41) is 0. The second-order valence-corrected chi connectivity index (χ2v) is 7.69. The van der Waals surface area contributed by atoms with E-state index in [0.29, 0.717) is 5.92 Å². The minimum absolute atomic E-state index is 0.0649. The number of hydrogen-bond acceptors (Lipinski definition) is 3. The third-order valence-electron chi connectivity index (χ3n) is 5.14. The van der Waals surface area contributed by atoms with Crippen LogP contribution in [0.3, 0.4) is 0 Å². The molecule has 0 radical (unpaired) electrons. The highest BCUT2D eigenvalue weighted by molar-refractivity contribution is 5.78. The Bertz CT molecular complexity index is 793. The van der Waals surface area contributed by atoms with Crippen LogP contribution in [0.25, 0.3) is 0 Å². The van der Waals surface area contributed by atoms with Gasteiger partial charge in [-0.25, -0.2) is 0 Å². The van der Waals surface area contributed by atoms with Gasteiger partial charge in [0, 0.05) is 31.9 Å². The van der Waals surface area contributed by atoms with Gasteiger partial charge in [-0.05, 0) is 54.7 Å². The molecule has 3 rings (SSSR count). The zero-order valence-corrected chi connectivity index (χ0v) is 16.9. The van der Waals surface area contributed by atoms with E-state index < -0.39 is 0 Å². The van der Waals surface area contributed by atoms with E-state index in [1.807, 2.05) is 17.9 Å². The molecule has 0 saturated carbocycles. The fourth-order valence-corrected chi connectivity index (χ4v) is 3.51. The summed E-state index contributed by atoms with van der Waals surface area (Å²) in [6.45, 7) is 11.7. The lowest BCUT2D eigenvalue weighted by molar-refractivity contribution is -0.133. The van der Waals surface area contributed by atoms with Crippen molar-refractivity contribution in [2.75, 3.05) is 37.7 Å². The van der Waals surface area contributed by atoms with E-state index in [2.05, 4.69) is 62.1 Å². The molecule has 0 N–H and O–H groups in total. The summed E-state index contributed by atoms with van der Waals surface area (Å²) in [5.74, 6) is 1.26. The maximum atomic E-state index is 12.6. The number of nitrogens with zero attached hydrogens (tertiary/aromatic N) is 2. The maximum Gasteiger partial charge on any atom is 0.260 e. The number of hydrogen-bond donors (Lipinski definition) is 0. The van der Waals surface area contributed by atoms with Gasteiger partial charge < -0.3 is 14.5 Å². The molecule has 1 amide bonds. The zero-order valence-electron chi connectivity index (χ0n) is 16.9. The summed E-state index contributed by atoms with van der Waals surface area (Å²) < 4.78 is 5.92. The predicted octanol–water partition coefficient (Wildman–Crippen LogP) is 4.15. The van der Waals surface area contributed by atoms with Crippen LogP contribution in [0.5, 0.6) is 5.75 Å². The largest absolute Gasteiger partial charge is 0.483 e. The number of ether oxygens (including phenoxy) is 1. The molecule has 0 atom stereocenters. The predicted molar refractivity (Wildman–Crippen MR) is 111 cm³/mol. The Morgan fingerprint density at radius 2 is 1.70 bits per heavy atom. The second-order valence-electron chi connectivity index (χ2n) is 7.69. The molecule has 1 aliphatic heterocycles. The van der Waals surface area contributed by atoms with Gasteiger partial charge in [0.15, 0.2) is 6.61 Å². The molecule has 144 valence electrons. The SMILES string of the molecule is Cc1cccc(N2CCN(C(=O)COc3cc(C)ccc3C(C)C)CC2)c1. The molecule has 27 heavy (non-hydrogen) atoms. The van der Waals surface area contributed by atoms with E-state index in [4.69, 9.17) is 4.74 Å². The van der Waals surface area contributed by atoms with Gasteiger partial charge in [-0.2, -0.15) is 0 Å². The van der Waals surface area contributed by atoms with Crippen LogP contribution in [-0.4, -0.2) is 43.6 Å². The normalized spacial score (nSPS) is 14.6. The summed E-state index contributed by atoms with van der Waals surface area (Å²) in [4.78, 5) is 16.9. The zero-order chi connectivity index (χ0) is 19.4. The molecule has 0 aromatic heterocycles. The Morgan fingerprint density at radius 3 is 2.37 bits per heavy atom. The Balaban J connectivity index is 1.55. The van der Waals surface area contributed by atoms with Crippen molar-refractivity contribution in [3.63, 3.8) is 0 Å². The first-order chi connectivity index (χ1) is 12.9. The van der Waals surface area contributed by atoms with Crippen LogP contribution in [-0.2, 0) is 4.79 Å². The van der Waals surface area contributed by atoms with Crippen molar-refractivity contribution < 1.29 is 9.53 Å². The molecular formula is C23H30N2O2. The molecule has 0 unspecified atom stereocenters. The van der Waals surface area contributed by atoms with Crippen LogP contribution in [0.2, 0.25) is 0 Å². The first-order valence-electron chi connectivity index (χ1n) is 9.77. The molecule has 4 nitrogen and oxygen atoms in total. The summed E-state index contributed by atoms with van der Waals surface area (Å²) in [5.41, 5.74) is 4.80. The lowest BCUT2D eigenvalue weighted by Crippen LogP contribution is -2.50. The topological polar surface area (TPSA) is 32.8 Å². The third kappa shape index (κ3) is 4.82. The minimum Gasteiger partial charge on any atom is -0.483 e. The van der Waals surface area contributed by atoms with Crippen molar-refractivity contribution in [3.05, 3.63) is 59.2 Å². The number of rotatable bonds is 5. The van der Waals surface area contributed by atoms with Gasteiger partial charge in [0.25, 0.3) is 5.91 Å². The molecule has 1 aliphatic rings. The molecule has 2 aromatic carbocycles. The summed E-state index contributed by atoms with van der Waals surface area (Å²) in [6.07, 6.45) is 0. The maximum absolute atomic E-state index is 12.6. The highest BCUT2D eigenvalue weighted by atomic mass is 16.5. The Morgan fingerprint density at radius 1 is 1.00 bits per heavy atom. The second kappa shape index (κ2) is 8.47. The van der Waals surface area contributed by atoms with Crippen molar-refractivity contribution >= 4 is 11.6 Å². The van der Waals surface area contributed by atoms with E-state index in [1.54, 1.807) is 0 Å². The van der Waals surface area contributed by atoms with E-state index >= 15 is 0 Å². The van der Waals surface area contributed by atoms with Crippen LogP contribution >= 0.6 is 0 Å². The van der Waals surface area contributed by atoms with Gasteiger partial charge in [0.2, 0.25) is 0 Å². The van der Waals surface area contributed by atoms with E-state index in [0.717, 1.165) is 43.1 Å². The lowest BCUT2D eigenvalue weighted by Gasteiger charge is -2.36.